The highest BCUT2D eigenvalue weighted by atomic mass is 79.9. The second-order valence-corrected chi connectivity index (χ2v) is 5.40. The first-order chi connectivity index (χ1) is 9.86. The summed E-state index contributed by atoms with van der Waals surface area (Å²) >= 11 is 3.34. The predicted octanol–water partition coefficient (Wildman–Crippen LogP) is 4.39. The Kier molecular flexibility index (Phi) is 3.16. The fourth-order valence-electron chi connectivity index (χ4n) is 2.14. The highest BCUT2D eigenvalue weighted by Crippen LogP contribution is 2.31. The van der Waals surface area contributed by atoms with Crippen LogP contribution in [0.3, 0.4) is 0 Å². The van der Waals surface area contributed by atoms with Crippen LogP contribution in [0.15, 0.2) is 46.9 Å². The summed E-state index contributed by atoms with van der Waals surface area (Å²) in [6, 6.07) is 10.2. The molecule has 0 saturated carbocycles. The summed E-state index contributed by atoms with van der Waals surface area (Å²) in [5.74, 6) is 0.225. The summed E-state index contributed by atoms with van der Waals surface area (Å²) in [5.41, 5.74) is 7.11. The summed E-state index contributed by atoms with van der Waals surface area (Å²) in [7, 11) is 0. The average Bonchev–Trinajstić information content (AvgIpc) is 2.73. The molecule has 0 radical (unpaired) electrons. The number of anilines is 1. The molecule has 1 aromatic heterocycles. The van der Waals surface area contributed by atoms with Crippen molar-refractivity contribution >= 4 is 32.9 Å². The van der Waals surface area contributed by atoms with Crippen LogP contribution in [-0.4, -0.2) is 9.55 Å². The van der Waals surface area contributed by atoms with Crippen LogP contribution in [0.25, 0.3) is 16.7 Å². The molecule has 2 aromatic carbocycles. The summed E-state index contributed by atoms with van der Waals surface area (Å²) in [5, 5.41) is 0. The molecule has 0 aliphatic heterocycles. The molecule has 0 amide bonds. The molecule has 108 valence electrons. The lowest BCUT2D eigenvalue weighted by Gasteiger charge is -2.10. The molecule has 3 aromatic rings. The number of fused-ring (bicyclic) bond motifs is 1. The second-order valence-electron chi connectivity index (χ2n) is 4.48. The number of alkyl halides is 3. The number of nitrogens with zero attached hydrogens (tertiary/aromatic N) is 2. The van der Waals surface area contributed by atoms with Crippen LogP contribution in [0.1, 0.15) is 5.56 Å². The fourth-order valence-corrected chi connectivity index (χ4v) is 2.49. The van der Waals surface area contributed by atoms with Crippen LogP contribution in [0.2, 0.25) is 0 Å². The van der Waals surface area contributed by atoms with Gasteiger partial charge in [-0.05, 0) is 42.5 Å². The molecular weight excluding hydrogens is 347 g/mol. The van der Waals surface area contributed by atoms with Crippen LogP contribution in [-0.2, 0) is 6.18 Å². The van der Waals surface area contributed by atoms with E-state index >= 15 is 0 Å². The van der Waals surface area contributed by atoms with Crippen LogP contribution in [0, 0.1) is 0 Å². The third-order valence-corrected chi connectivity index (χ3v) is 3.59. The van der Waals surface area contributed by atoms with E-state index in [4.69, 9.17) is 5.73 Å². The van der Waals surface area contributed by atoms with Gasteiger partial charge in [-0.2, -0.15) is 13.2 Å². The van der Waals surface area contributed by atoms with Gasteiger partial charge in [0, 0.05) is 10.2 Å². The van der Waals surface area contributed by atoms with Crippen molar-refractivity contribution in [1.82, 2.24) is 9.55 Å². The van der Waals surface area contributed by atoms with Crippen LogP contribution in [0.4, 0.5) is 19.1 Å². The maximum absolute atomic E-state index is 12.6. The Morgan fingerprint density at radius 3 is 2.33 bits per heavy atom. The van der Waals surface area contributed by atoms with Gasteiger partial charge in [-0.25, -0.2) is 4.98 Å². The molecule has 0 aliphatic carbocycles. The zero-order valence-electron chi connectivity index (χ0n) is 10.5. The van der Waals surface area contributed by atoms with E-state index in [1.54, 1.807) is 16.7 Å². The topological polar surface area (TPSA) is 43.8 Å². The van der Waals surface area contributed by atoms with Crippen molar-refractivity contribution in [2.24, 2.45) is 0 Å². The normalized spacial score (nSPS) is 12.0. The molecule has 1 heterocycles. The van der Waals surface area contributed by atoms with Crippen molar-refractivity contribution in [2.45, 2.75) is 6.18 Å². The van der Waals surface area contributed by atoms with Gasteiger partial charge < -0.3 is 5.73 Å². The molecular formula is C14H9BrF3N3. The van der Waals surface area contributed by atoms with Gasteiger partial charge in [0.15, 0.2) is 0 Å². The zero-order valence-corrected chi connectivity index (χ0v) is 12.1. The Hall–Kier alpha value is -2.02. The number of nitrogen functional groups attached to an aromatic ring is 1. The first-order valence-electron chi connectivity index (χ1n) is 5.97. The number of imidazole rings is 1. The predicted molar refractivity (Wildman–Crippen MR) is 78.2 cm³/mol. The fraction of sp³-hybridized carbons (Fsp3) is 0.0714. The molecule has 21 heavy (non-hydrogen) atoms. The molecule has 0 saturated heterocycles. The molecule has 0 bridgehead atoms. The molecule has 0 aliphatic rings. The Balaban J connectivity index is 2.14. The molecule has 3 nitrogen and oxygen atoms in total. The van der Waals surface area contributed by atoms with Crippen LogP contribution < -0.4 is 5.73 Å². The van der Waals surface area contributed by atoms with Crippen LogP contribution >= 0.6 is 15.9 Å². The average molecular weight is 356 g/mol. The van der Waals surface area contributed by atoms with Crippen molar-refractivity contribution in [3.63, 3.8) is 0 Å². The SMILES string of the molecule is Nc1nc2cc(Br)ccc2n1-c1ccc(C(F)(F)F)cc1. The minimum absolute atomic E-state index is 0.225. The minimum Gasteiger partial charge on any atom is -0.369 e. The second kappa shape index (κ2) is 4.77. The summed E-state index contributed by atoms with van der Waals surface area (Å²) in [6.45, 7) is 0. The molecule has 7 heteroatoms. The lowest BCUT2D eigenvalue weighted by molar-refractivity contribution is -0.137. The van der Waals surface area contributed by atoms with E-state index in [1.807, 2.05) is 6.07 Å². The van der Waals surface area contributed by atoms with E-state index < -0.39 is 11.7 Å². The summed E-state index contributed by atoms with van der Waals surface area (Å²) < 4.78 is 40.2. The lowest BCUT2D eigenvalue weighted by Crippen LogP contribution is -2.06. The largest absolute Gasteiger partial charge is 0.416 e. The van der Waals surface area contributed by atoms with Crippen molar-refractivity contribution in [3.05, 3.63) is 52.5 Å². The van der Waals surface area contributed by atoms with Gasteiger partial charge >= 0.3 is 6.18 Å². The quantitative estimate of drug-likeness (QED) is 0.703. The minimum atomic E-state index is -4.36. The zero-order chi connectivity index (χ0) is 15.2. The number of rotatable bonds is 1. The molecule has 0 unspecified atom stereocenters. The summed E-state index contributed by atoms with van der Waals surface area (Å²) in [6.07, 6.45) is -4.36. The molecule has 0 spiro atoms. The smallest absolute Gasteiger partial charge is 0.369 e. The van der Waals surface area contributed by atoms with Crippen molar-refractivity contribution in [1.29, 1.82) is 0 Å². The van der Waals surface area contributed by atoms with Crippen molar-refractivity contribution in [2.75, 3.05) is 5.73 Å². The van der Waals surface area contributed by atoms with E-state index in [0.717, 1.165) is 22.1 Å². The Labute approximate surface area is 126 Å². The standard InChI is InChI=1S/C14H9BrF3N3/c15-9-3-6-12-11(7-9)20-13(19)21(12)10-4-1-8(2-5-10)14(16,17)18/h1-7H,(H2,19,20). The highest BCUT2D eigenvalue weighted by Gasteiger charge is 2.30. The summed E-state index contributed by atoms with van der Waals surface area (Å²) in [4.78, 5) is 4.21. The number of nitrogens with two attached hydrogens (primary N) is 1. The molecule has 0 fully saturated rings. The van der Waals surface area contributed by atoms with Crippen molar-refractivity contribution in [3.8, 4) is 5.69 Å². The third-order valence-electron chi connectivity index (χ3n) is 3.10. The number of halogens is 4. The maximum atomic E-state index is 12.6. The number of hydrogen-bond acceptors (Lipinski definition) is 2. The van der Waals surface area contributed by atoms with Gasteiger partial charge in [-0.15, -0.1) is 0 Å². The number of aromatic nitrogens is 2. The maximum Gasteiger partial charge on any atom is 0.416 e. The Bertz CT molecular complexity index is 807. The molecule has 2 N–H and O–H groups in total. The van der Waals surface area contributed by atoms with Gasteiger partial charge in [0.2, 0.25) is 5.95 Å². The first kappa shape index (κ1) is 13.9. The van der Waals surface area contributed by atoms with E-state index in [-0.39, 0.29) is 5.95 Å². The van der Waals surface area contributed by atoms with Gasteiger partial charge in [-0.1, -0.05) is 15.9 Å². The van der Waals surface area contributed by atoms with Crippen LogP contribution in [0.5, 0.6) is 0 Å². The first-order valence-corrected chi connectivity index (χ1v) is 6.77. The number of hydrogen-bond donors (Lipinski definition) is 1. The van der Waals surface area contributed by atoms with E-state index in [2.05, 4.69) is 20.9 Å². The molecule has 3 rings (SSSR count). The van der Waals surface area contributed by atoms with Gasteiger partial charge in [0.1, 0.15) is 0 Å². The monoisotopic (exact) mass is 355 g/mol. The lowest BCUT2D eigenvalue weighted by atomic mass is 10.2. The molecule has 0 atom stereocenters. The van der Waals surface area contributed by atoms with E-state index in [9.17, 15) is 13.2 Å². The van der Waals surface area contributed by atoms with Gasteiger partial charge in [0.25, 0.3) is 0 Å². The van der Waals surface area contributed by atoms with Crippen molar-refractivity contribution < 1.29 is 13.2 Å². The van der Waals surface area contributed by atoms with Gasteiger partial charge in [0.05, 0.1) is 16.6 Å². The third kappa shape index (κ3) is 2.49. The van der Waals surface area contributed by atoms with E-state index in [1.165, 1.54) is 12.1 Å². The Morgan fingerprint density at radius 2 is 1.71 bits per heavy atom. The Morgan fingerprint density at radius 1 is 1.05 bits per heavy atom. The number of benzene rings is 2. The van der Waals surface area contributed by atoms with E-state index in [0.29, 0.717) is 11.2 Å². The highest BCUT2D eigenvalue weighted by molar-refractivity contribution is 9.10. The van der Waals surface area contributed by atoms with Gasteiger partial charge in [-0.3, -0.25) is 4.57 Å².